The molecule has 2 aromatic rings. The number of rotatable bonds is 10. The van der Waals surface area contributed by atoms with E-state index in [0.29, 0.717) is 11.3 Å². The fourth-order valence-electron chi connectivity index (χ4n) is 2.61. The molecule has 0 spiro atoms. The standard InChI is InChI=1S/C20H24NO6P/c1-15(17-6-3-2-4-7-17)27-28(25,26)14-16-10-12-18(13-11-16)21-19(22)8-5-9-20(23)24/h2-4,6-7,10-13,15H,5,8-9,14H2,1H3,(H,21,22)(H,23,24)(H,25,26)/p-1. The van der Waals surface area contributed by atoms with Gasteiger partial charge in [-0.15, -0.1) is 0 Å². The maximum Gasteiger partial charge on any atom is 0.333 e. The first-order valence-corrected chi connectivity index (χ1v) is 10.7. The molecule has 0 saturated heterocycles. The minimum absolute atomic E-state index is 0.0762. The molecule has 0 aliphatic rings. The van der Waals surface area contributed by atoms with Crippen LogP contribution in [0, 0.1) is 0 Å². The van der Waals surface area contributed by atoms with Gasteiger partial charge in [0.1, 0.15) is 0 Å². The summed E-state index contributed by atoms with van der Waals surface area (Å²) in [4.78, 5) is 32.2. The van der Waals surface area contributed by atoms with Crippen LogP contribution in [0.5, 0.6) is 0 Å². The Morgan fingerprint density at radius 1 is 1.11 bits per heavy atom. The van der Waals surface area contributed by atoms with Crippen LogP contribution in [-0.2, 0) is 24.8 Å². The lowest BCUT2D eigenvalue weighted by molar-refractivity contribution is -0.305. The van der Waals surface area contributed by atoms with E-state index in [4.69, 9.17) is 4.52 Å². The Kier molecular flexibility index (Phi) is 7.93. The van der Waals surface area contributed by atoms with Crippen molar-refractivity contribution >= 4 is 25.2 Å². The van der Waals surface area contributed by atoms with Crippen molar-refractivity contribution < 1.29 is 28.7 Å². The number of nitrogens with one attached hydrogen (secondary N) is 1. The molecule has 8 heteroatoms. The summed E-state index contributed by atoms with van der Waals surface area (Å²) in [7, 11) is -3.85. The number of carbonyl (C=O) groups excluding carboxylic acids is 2. The van der Waals surface area contributed by atoms with Crippen LogP contribution in [0.4, 0.5) is 5.69 Å². The van der Waals surface area contributed by atoms with Gasteiger partial charge >= 0.3 is 7.60 Å². The lowest BCUT2D eigenvalue weighted by Crippen LogP contribution is -2.22. The fourth-order valence-corrected chi connectivity index (χ4v) is 3.97. The van der Waals surface area contributed by atoms with E-state index in [9.17, 15) is 24.2 Å². The Hall–Kier alpha value is -2.47. The van der Waals surface area contributed by atoms with Crippen molar-refractivity contribution in [3.8, 4) is 0 Å². The molecule has 0 bridgehead atoms. The summed E-state index contributed by atoms with van der Waals surface area (Å²) in [6.45, 7) is 1.72. The predicted octanol–water partition coefficient (Wildman–Crippen LogP) is 3.01. The van der Waals surface area contributed by atoms with Gasteiger partial charge in [-0.05, 0) is 43.0 Å². The fraction of sp³-hybridized carbons (Fsp3) is 0.300. The number of hydrogen-bond acceptors (Lipinski definition) is 5. The van der Waals surface area contributed by atoms with Crippen LogP contribution < -0.4 is 10.4 Å². The lowest BCUT2D eigenvalue weighted by Gasteiger charge is -2.18. The maximum absolute atomic E-state index is 12.4. The van der Waals surface area contributed by atoms with Crippen LogP contribution in [0.15, 0.2) is 54.6 Å². The van der Waals surface area contributed by atoms with Gasteiger partial charge in [0.2, 0.25) is 5.91 Å². The highest BCUT2D eigenvalue weighted by molar-refractivity contribution is 7.51. The zero-order valence-corrected chi connectivity index (χ0v) is 16.4. The number of carboxylic acids is 1. The van der Waals surface area contributed by atoms with Crippen molar-refractivity contribution in [2.45, 2.75) is 38.5 Å². The lowest BCUT2D eigenvalue weighted by atomic mass is 10.1. The molecule has 0 fully saturated rings. The first-order chi connectivity index (χ1) is 13.2. The van der Waals surface area contributed by atoms with Gasteiger partial charge in [0.15, 0.2) is 0 Å². The molecule has 2 aromatic carbocycles. The molecule has 0 aliphatic heterocycles. The van der Waals surface area contributed by atoms with Gasteiger partial charge in [-0.25, -0.2) is 0 Å². The van der Waals surface area contributed by atoms with Crippen molar-refractivity contribution in [1.29, 1.82) is 0 Å². The molecule has 0 saturated carbocycles. The molecule has 2 unspecified atom stereocenters. The van der Waals surface area contributed by atoms with Crippen LogP contribution in [0.1, 0.15) is 43.4 Å². The number of carbonyl (C=O) groups is 2. The van der Waals surface area contributed by atoms with Crippen molar-refractivity contribution in [3.63, 3.8) is 0 Å². The van der Waals surface area contributed by atoms with Gasteiger partial charge in [0, 0.05) is 18.1 Å². The Balaban J connectivity index is 1.87. The average molecular weight is 404 g/mol. The summed E-state index contributed by atoms with van der Waals surface area (Å²) in [5.74, 6) is -1.49. The van der Waals surface area contributed by atoms with Crippen LogP contribution >= 0.6 is 7.60 Å². The third-order valence-corrected chi connectivity index (χ3v) is 5.41. The minimum Gasteiger partial charge on any atom is -0.550 e. The molecular formula is C20H23NO6P-. The molecule has 2 atom stereocenters. The Bertz CT molecular complexity index is 838. The molecule has 150 valence electrons. The van der Waals surface area contributed by atoms with Crippen LogP contribution in [0.25, 0.3) is 0 Å². The minimum atomic E-state index is -3.85. The number of carboxylic acid groups (broad SMARTS) is 1. The molecule has 0 aliphatic carbocycles. The topological polar surface area (TPSA) is 116 Å². The number of aliphatic carboxylic acids is 1. The largest absolute Gasteiger partial charge is 0.550 e. The Morgan fingerprint density at radius 3 is 2.36 bits per heavy atom. The molecule has 2 rings (SSSR count). The van der Waals surface area contributed by atoms with Gasteiger partial charge in [0.05, 0.1) is 12.3 Å². The maximum atomic E-state index is 12.4. The summed E-state index contributed by atoms with van der Waals surface area (Å²) in [6.07, 6.45) is -0.552. The summed E-state index contributed by atoms with van der Waals surface area (Å²) >= 11 is 0. The van der Waals surface area contributed by atoms with E-state index in [1.807, 2.05) is 30.3 Å². The summed E-state index contributed by atoms with van der Waals surface area (Å²) in [5.41, 5.74) is 1.93. The van der Waals surface area contributed by atoms with E-state index in [-0.39, 0.29) is 31.3 Å². The molecule has 0 heterocycles. The number of amides is 1. The molecular weight excluding hydrogens is 381 g/mol. The summed E-state index contributed by atoms with van der Waals surface area (Å²) < 4.78 is 17.8. The second kappa shape index (κ2) is 10.2. The normalized spacial score (nSPS) is 14.1. The second-order valence-electron chi connectivity index (χ2n) is 6.42. The quantitative estimate of drug-likeness (QED) is 0.588. The Morgan fingerprint density at radius 2 is 1.75 bits per heavy atom. The van der Waals surface area contributed by atoms with Gasteiger partial charge in [0.25, 0.3) is 0 Å². The van der Waals surface area contributed by atoms with E-state index in [1.54, 1.807) is 31.2 Å². The number of hydrogen-bond donors (Lipinski definition) is 2. The van der Waals surface area contributed by atoms with Gasteiger partial charge in [-0.2, -0.15) is 0 Å². The summed E-state index contributed by atoms with van der Waals surface area (Å²) in [6, 6.07) is 15.7. The molecule has 2 N–H and O–H groups in total. The molecule has 28 heavy (non-hydrogen) atoms. The van der Waals surface area contributed by atoms with Gasteiger partial charge < -0.3 is 24.6 Å². The van der Waals surface area contributed by atoms with Gasteiger partial charge in [-0.1, -0.05) is 42.5 Å². The van der Waals surface area contributed by atoms with Gasteiger partial charge in [-0.3, -0.25) is 9.36 Å². The third kappa shape index (κ3) is 7.64. The molecule has 7 nitrogen and oxygen atoms in total. The summed E-state index contributed by atoms with van der Waals surface area (Å²) in [5, 5.41) is 13.0. The van der Waals surface area contributed by atoms with E-state index < -0.39 is 19.7 Å². The highest BCUT2D eigenvalue weighted by atomic mass is 31.2. The van der Waals surface area contributed by atoms with E-state index in [1.165, 1.54) is 0 Å². The smallest absolute Gasteiger partial charge is 0.333 e. The highest BCUT2D eigenvalue weighted by Crippen LogP contribution is 2.49. The van der Waals surface area contributed by atoms with Crippen LogP contribution in [0.2, 0.25) is 0 Å². The van der Waals surface area contributed by atoms with E-state index >= 15 is 0 Å². The zero-order valence-electron chi connectivity index (χ0n) is 15.5. The van der Waals surface area contributed by atoms with Crippen molar-refractivity contribution in [3.05, 3.63) is 65.7 Å². The first-order valence-electron chi connectivity index (χ1n) is 8.89. The third-order valence-electron chi connectivity index (χ3n) is 4.00. The zero-order chi connectivity index (χ0) is 20.6. The number of benzene rings is 2. The van der Waals surface area contributed by atoms with Crippen molar-refractivity contribution in [2.24, 2.45) is 0 Å². The van der Waals surface area contributed by atoms with Crippen LogP contribution in [-0.4, -0.2) is 16.8 Å². The van der Waals surface area contributed by atoms with Crippen LogP contribution in [0.3, 0.4) is 0 Å². The first kappa shape index (κ1) is 21.8. The second-order valence-corrected chi connectivity index (χ2v) is 8.23. The Labute approximate surface area is 163 Å². The molecule has 1 amide bonds. The molecule has 0 aromatic heterocycles. The number of anilines is 1. The highest BCUT2D eigenvalue weighted by Gasteiger charge is 2.24. The van der Waals surface area contributed by atoms with Crippen molar-refractivity contribution in [1.82, 2.24) is 0 Å². The van der Waals surface area contributed by atoms with Crippen molar-refractivity contribution in [2.75, 3.05) is 5.32 Å². The van der Waals surface area contributed by atoms with E-state index in [2.05, 4.69) is 5.32 Å². The molecule has 0 radical (unpaired) electrons. The average Bonchev–Trinajstić information content (AvgIpc) is 2.63. The van der Waals surface area contributed by atoms with E-state index in [0.717, 1.165) is 5.56 Å². The SMILES string of the molecule is CC(OP(=O)(O)Cc1ccc(NC(=O)CCCC(=O)[O-])cc1)c1ccccc1. The monoisotopic (exact) mass is 404 g/mol. The predicted molar refractivity (Wildman–Crippen MR) is 103 cm³/mol.